The second-order valence-electron chi connectivity index (χ2n) is 4.34. The van der Waals surface area contributed by atoms with Crippen molar-refractivity contribution in [2.45, 2.75) is 77.4 Å². The van der Waals surface area contributed by atoms with Crippen LogP contribution in [0.15, 0.2) is 0 Å². The maximum absolute atomic E-state index is 9.56. The van der Waals surface area contributed by atoms with Crippen LogP contribution in [0.3, 0.4) is 0 Å². The third kappa shape index (κ3) is 10.2. The third-order valence-electron chi connectivity index (χ3n) is 2.66. The summed E-state index contributed by atoms with van der Waals surface area (Å²) in [6, 6.07) is 0. The van der Waals surface area contributed by atoms with Crippen molar-refractivity contribution in [3.8, 4) is 0 Å². The van der Waals surface area contributed by atoms with Crippen LogP contribution in [0.5, 0.6) is 0 Å². The van der Waals surface area contributed by atoms with E-state index in [-0.39, 0.29) is 12.2 Å². The molecule has 2 atom stereocenters. The Bertz CT molecular complexity index is 126. The van der Waals surface area contributed by atoms with Gasteiger partial charge in [0.05, 0.1) is 12.2 Å². The number of unbranched alkanes of at least 4 members (excludes halogenated alkanes) is 2. The van der Waals surface area contributed by atoms with Gasteiger partial charge in [-0.15, -0.1) is 0 Å². The van der Waals surface area contributed by atoms with Gasteiger partial charge in [-0.05, 0) is 38.5 Å². The predicted octanol–water partition coefficient (Wildman–Crippen LogP) is 3.07. The lowest BCUT2D eigenvalue weighted by atomic mass is 10.0. The van der Waals surface area contributed by atoms with Gasteiger partial charge in [0.1, 0.15) is 0 Å². The van der Waals surface area contributed by atoms with Crippen molar-refractivity contribution in [3.63, 3.8) is 0 Å². The fraction of sp³-hybridized carbons (Fsp3) is 0.923. The first kappa shape index (κ1) is 14.9. The SMILES string of the molecule is CCCCC(O)C[CH]CCC(O)CCC. The summed E-state index contributed by atoms with van der Waals surface area (Å²) in [6.45, 7) is 4.22. The molecule has 0 aromatic rings. The third-order valence-corrected chi connectivity index (χ3v) is 2.66. The molecule has 2 heteroatoms. The van der Waals surface area contributed by atoms with Crippen molar-refractivity contribution in [3.05, 3.63) is 6.42 Å². The van der Waals surface area contributed by atoms with E-state index in [0.29, 0.717) is 0 Å². The zero-order valence-corrected chi connectivity index (χ0v) is 10.3. The minimum atomic E-state index is -0.173. The highest BCUT2D eigenvalue weighted by atomic mass is 16.3. The first-order valence-electron chi connectivity index (χ1n) is 6.38. The standard InChI is InChI=1S/C13H27O2/c1-3-5-9-13(15)11-7-6-10-12(14)8-4-2/h7,12-15H,3-6,8-11H2,1-2H3. The van der Waals surface area contributed by atoms with Gasteiger partial charge in [-0.25, -0.2) is 0 Å². The molecular weight excluding hydrogens is 188 g/mol. The molecular formula is C13H27O2. The van der Waals surface area contributed by atoms with Gasteiger partial charge in [0.15, 0.2) is 0 Å². The van der Waals surface area contributed by atoms with Crippen LogP contribution in [0.25, 0.3) is 0 Å². The molecule has 0 aromatic heterocycles. The van der Waals surface area contributed by atoms with Gasteiger partial charge in [0.25, 0.3) is 0 Å². The number of hydrogen-bond acceptors (Lipinski definition) is 2. The number of aliphatic hydroxyl groups excluding tert-OH is 2. The second-order valence-corrected chi connectivity index (χ2v) is 4.34. The van der Waals surface area contributed by atoms with Crippen LogP contribution in [0.1, 0.15) is 65.2 Å². The van der Waals surface area contributed by atoms with E-state index in [1.807, 2.05) is 0 Å². The van der Waals surface area contributed by atoms with Gasteiger partial charge in [-0.1, -0.05) is 33.1 Å². The summed E-state index contributed by atoms with van der Waals surface area (Å²) in [5.41, 5.74) is 0. The Morgan fingerprint density at radius 3 is 2.27 bits per heavy atom. The summed E-state index contributed by atoms with van der Waals surface area (Å²) in [4.78, 5) is 0. The Morgan fingerprint density at radius 1 is 0.933 bits per heavy atom. The Hall–Kier alpha value is -0.0800. The minimum Gasteiger partial charge on any atom is -0.393 e. The van der Waals surface area contributed by atoms with Crippen molar-refractivity contribution in [2.24, 2.45) is 0 Å². The van der Waals surface area contributed by atoms with E-state index in [0.717, 1.165) is 51.4 Å². The second kappa shape index (κ2) is 10.4. The van der Waals surface area contributed by atoms with Gasteiger partial charge in [-0.3, -0.25) is 0 Å². The molecule has 0 rings (SSSR count). The van der Waals surface area contributed by atoms with Gasteiger partial charge in [-0.2, -0.15) is 0 Å². The van der Waals surface area contributed by atoms with E-state index in [1.54, 1.807) is 0 Å². The molecule has 0 aliphatic rings. The van der Waals surface area contributed by atoms with Crippen LogP contribution in [0, 0.1) is 6.42 Å². The molecule has 0 bridgehead atoms. The zero-order valence-electron chi connectivity index (χ0n) is 10.3. The molecule has 0 heterocycles. The number of hydrogen-bond donors (Lipinski definition) is 2. The molecule has 91 valence electrons. The van der Waals surface area contributed by atoms with E-state index in [4.69, 9.17) is 0 Å². The molecule has 0 amide bonds. The summed E-state index contributed by atoms with van der Waals surface area (Å²) < 4.78 is 0. The largest absolute Gasteiger partial charge is 0.393 e. The Labute approximate surface area is 94.7 Å². The van der Waals surface area contributed by atoms with Crippen molar-refractivity contribution in [1.82, 2.24) is 0 Å². The van der Waals surface area contributed by atoms with Gasteiger partial charge in [0.2, 0.25) is 0 Å². The van der Waals surface area contributed by atoms with Crippen LogP contribution < -0.4 is 0 Å². The fourth-order valence-electron chi connectivity index (χ4n) is 1.66. The van der Waals surface area contributed by atoms with Crippen LogP contribution >= 0.6 is 0 Å². The van der Waals surface area contributed by atoms with Gasteiger partial charge in [0, 0.05) is 0 Å². The van der Waals surface area contributed by atoms with Crippen LogP contribution in [0.4, 0.5) is 0 Å². The molecule has 2 nitrogen and oxygen atoms in total. The molecule has 0 aromatic carbocycles. The van der Waals surface area contributed by atoms with Crippen LogP contribution in [-0.2, 0) is 0 Å². The van der Waals surface area contributed by atoms with Crippen molar-refractivity contribution in [1.29, 1.82) is 0 Å². The van der Waals surface area contributed by atoms with Crippen molar-refractivity contribution in [2.75, 3.05) is 0 Å². The molecule has 0 saturated heterocycles. The summed E-state index contributed by atoms with van der Waals surface area (Å²) in [6.07, 6.45) is 9.42. The summed E-state index contributed by atoms with van der Waals surface area (Å²) in [5, 5.41) is 19.0. The lowest BCUT2D eigenvalue weighted by Crippen LogP contribution is -2.08. The molecule has 1 radical (unpaired) electrons. The first-order valence-corrected chi connectivity index (χ1v) is 6.38. The lowest BCUT2D eigenvalue weighted by Gasteiger charge is -2.11. The molecule has 0 fully saturated rings. The monoisotopic (exact) mass is 215 g/mol. The normalized spacial score (nSPS) is 15.2. The van der Waals surface area contributed by atoms with E-state index >= 15 is 0 Å². The molecule has 15 heavy (non-hydrogen) atoms. The quantitative estimate of drug-likeness (QED) is 0.550. The zero-order chi connectivity index (χ0) is 11.5. The molecule has 0 aliphatic carbocycles. The summed E-state index contributed by atoms with van der Waals surface area (Å²) >= 11 is 0. The van der Waals surface area contributed by atoms with E-state index in [1.165, 1.54) is 0 Å². The Morgan fingerprint density at radius 2 is 1.67 bits per heavy atom. The van der Waals surface area contributed by atoms with Crippen LogP contribution in [0.2, 0.25) is 0 Å². The number of aliphatic hydroxyl groups is 2. The molecule has 2 unspecified atom stereocenters. The van der Waals surface area contributed by atoms with E-state index in [2.05, 4.69) is 20.3 Å². The molecule has 0 spiro atoms. The predicted molar refractivity (Wildman–Crippen MR) is 64.6 cm³/mol. The molecule has 0 aliphatic heterocycles. The Balaban J connectivity index is 3.22. The van der Waals surface area contributed by atoms with Gasteiger partial charge < -0.3 is 10.2 Å². The van der Waals surface area contributed by atoms with Crippen molar-refractivity contribution < 1.29 is 10.2 Å². The van der Waals surface area contributed by atoms with E-state index < -0.39 is 0 Å². The maximum Gasteiger partial charge on any atom is 0.0543 e. The average Bonchev–Trinajstić information content (AvgIpc) is 2.22. The summed E-state index contributed by atoms with van der Waals surface area (Å²) in [7, 11) is 0. The highest BCUT2D eigenvalue weighted by molar-refractivity contribution is 4.72. The van der Waals surface area contributed by atoms with E-state index in [9.17, 15) is 10.2 Å². The van der Waals surface area contributed by atoms with Crippen molar-refractivity contribution >= 4 is 0 Å². The maximum atomic E-state index is 9.56. The minimum absolute atomic E-state index is 0.154. The number of rotatable bonds is 10. The highest BCUT2D eigenvalue weighted by Gasteiger charge is 2.05. The fourth-order valence-corrected chi connectivity index (χ4v) is 1.66. The topological polar surface area (TPSA) is 40.5 Å². The highest BCUT2D eigenvalue weighted by Crippen LogP contribution is 2.11. The summed E-state index contributed by atoms with van der Waals surface area (Å²) in [5.74, 6) is 0. The first-order chi connectivity index (χ1) is 7.20. The Kier molecular flexibility index (Phi) is 10.4. The average molecular weight is 215 g/mol. The van der Waals surface area contributed by atoms with Crippen LogP contribution in [-0.4, -0.2) is 22.4 Å². The molecule has 2 N–H and O–H groups in total. The smallest absolute Gasteiger partial charge is 0.0543 e. The van der Waals surface area contributed by atoms with Gasteiger partial charge >= 0.3 is 0 Å². The molecule has 0 saturated carbocycles. The lowest BCUT2D eigenvalue weighted by molar-refractivity contribution is 0.145.